The molecule has 5 nitrogen and oxygen atoms in total. The van der Waals surface area contributed by atoms with Crippen molar-refractivity contribution in [1.29, 1.82) is 5.41 Å². The summed E-state index contributed by atoms with van der Waals surface area (Å²) in [6, 6.07) is 8.30. The number of aliphatic hydroxyl groups is 1. The summed E-state index contributed by atoms with van der Waals surface area (Å²) >= 11 is 0. The van der Waals surface area contributed by atoms with Crippen molar-refractivity contribution >= 4 is 22.4 Å². The van der Waals surface area contributed by atoms with E-state index in [-0.39, 0.29) is 5.76 Å². The van der Waals surface area contributed by atoms with Crippen molar-refractivity contribution in [2.75, 3.05) is 6.54 Å². The third-order valence-electron chi connectivity index (χ3n) is 5.16. The van der Waals surface area contributed by atoms with Gasteiger partial charge >= 0.3 is 0 Å². The van der Waals surface area contributed by atoms with Crippen LogP contribution in [-0.4, -0.2) is 38.0 Å². The largest absolute Gasteiger partial charge is 0.510 e. The molecule has 0 saturated heterocycles. The number of benzene rings is 1. The van der Waals surface area contributed by atoms with E-state index in [4.69, 9.17) is 5.41 Å². The van der Waals surface area contributed by atoms with Crippen LogP contribution in [0.25, 0.3) is 16.6 Å². The highest BCUT2D eigenvalue weighted by Crippen LogP contribution is 2.33. The van der Waals surface area contributed by atoms with E-state index in [1.54, 1.807) is 0 Å². The smallest absolute Gasteiger partial charge is 0.148 e. The number of aliphatic hydroxyl groups excluding tert-OH is 1. The van der Waals surface area contributed by atoms with E-state index in [9.17, 15) is 5.11 Å². The molecule has 0 amide bonds. The Labute approximate surface area is 135 Å². The standard InChI is InChI=1S/C18H22N4O/c1-21-14-10-6-5-9-13(14)20-18(21)16-15(23)11-22(17(16)19)12-7-3-2-4-8-12/h5-6,9-10,12,19,23H,2-4,7-8,11H2,1H3. The molecule has 2 aliphatic rings. The van der Waals surface area contributed by atoms with Crippen LogP contribution >= 0.6 is 0 Å². The highest BCUT2D eigenvalue weighted by atomic mass is 16.3. The van der Waals surface area contributed by atoms with E-state index >= 15 is 0 Å². The zero-order valence-electron chi connectivity index (χ0n) is 13.4. The molecule has 0 spiro atoms. The zero-order valence-corrected chi connectivity index (χ0v) is 13.4. The second-order valence-corrected chi connectivity index (χ2v) is 6.57. The van der Waals surface area contributed by atoms with E-state index in [2.05, 4.69) is 9.88 Å². The number of aryl methyl sites for hydroxylation is 1. The topological polar surface area (TPSA) is 65.1 Å². The fourth-order valence-corrected chi connectivity index (χ4v) is 3.91. The number of imidazole rings is 1. The molecule has 5 heteroatoms. The Kier molecular flexibility index (Phi) is 3.36. The van der Waals surface area contributed by atoms with E-state index in [1.807, 2.05) is 35.9 Å². The summed E-state index contributed by atoms with van der Waals surface area (Å²) in [5.74, 6) is 1.39. The maximum absolute atomic E-state index is 10.5. The van der Waals surface area contributed by atoms with Crippen molar-refractivity contribution in [3.05, 3.63) is 35.8 Å². The van der Waals surface area contributed by atoms with Crippen LogP contribution < -0.4 is 0 Å². The lowest BCUT2D eigenvalue weighted by molar-refractivity contribution is 0.241. The van der Waals surface area contributed by atoms with Crippen molar-refractivity contribution in [2.24, 2.45) is 7.05 Å². The first-order chi connectivity index (χ1) is 11.2. The van der Waals surface area contributed by atoms with Crippen LogP contribution in [-0.2, 0) is 7.05 Å². The van der Waals surface area contributed by atoms with Crippen molar-refractivity contribution in [2.45, 2.75) is 38.1 Å². The van der Waals surface area contributed by atoms with Gasteiger partial charge in [-0.25, -0.2) is 4.98 Å². The van der Waals surface area contributed by atoms with Gasteiger partial charge in [0.1, 0.15) is 17.4 Å². The van der Waals surface area contributed by atoms with Crippen LogP contribution in [0.2, 0.25) is 0 Å². The number of rotatable bonds is 2. The summed E-state index contributed by atoms with van der Waals surface area (Å²) in [5, 5.41) is 19.1. The molecule has 1 saturated carbocycles. The van der Waals surface area contributed by atoms with Crippen LogP contribution in [0.15, 0.2) is 30.0 Å². The molecule has 1 aromatic carbocycles. The van der Waals surface area contributed by atoms with Gasteiger partial charge in [0.15, 0.2) is 0 Å². The van der Waals surface area contributed by atoms with E-state index in [1.165, 1.54) is 19.3 Å². The second-order valence-electron chi connectivity index (χ2n) is 6.57. The van der Waals surface area contributed by atoms with Gasteiger partial charge in [-0.3, -0.25) is 5.41 Å². The lowest BCUT2D eigenvalue weighted by Crippen LogP contribution is -2.38. The van der Waals surface area contributed by atoms with Gasteiger partial charge in [-0.05, 0) is 25.0 Å². The van der Waals surface area contributed by atoms with Crippen LogP contribution in [0.4, 0.5) is 0 Å². The maximum atomic E-state index is 10.5. The SMILES string of the molecule is Cn1c(C2=C(O)CN(C3CCCCC3)C2=N)nc2ccccc21. The summed E-state index contributed by atoms with van der Waals surface area (Å²) in [7, 11) is 1.95. The Bertz CT molecular complexity index is 798. The van der Waals surface area contributed by atoms with Crippen LogP contribution in [0.3, 0.4) is 0 Å². The minimum atomic E-state index is 0.277. The molecule has 4 rings (SSSR count). The van der Waals surface area contributed by atoms with Crippen LogP contribution in [0.5, 0.6) is 0 Å². The van der Waals surface area contributed by atoms with Gasteiger partial charge in [0, 0.05) is 13.1 Å². The number of hydrogen-bond acceptors (Lipinski definition) is 3. The first-order valence-electron chi connectivity index (χ1n) is 8.36. The number of para-hydroxylation sites is 2. The highest BCUT2D eigenvalue weighted by Gasteiger charge is 2.35. The van der Waals surface area contributed by atoms with Gasteiger partial charge in [0.25, 0.3) is 0 Å². The lowest BCUT2D eigenvalue weighted by atomic mass is 9.94. The van der Waals surface area contributed by atoms with Gasteiger partial charge in [-0.15, -0.1) is 0 Å². The van der Waals surface area contributed by atoms with Gasteiger partial charge in [-0.2, -0.15) is 0 Å². The number of nitrogens with zero attached hydrogens (tertiary/aromatic N) is 3. The molecule has 23 heavy (non-hydrogen) atoms. The third-order valence-corrected chi connectivity index (χ3v) is 5.16. The maximum Gasteiger partial charge on any atom is 0.148 e. The summed E-state index contributed by atoms with van der Waals surface area (Å²) in [4.78, 5) is 6.71. The predicted molar refractivity (Wildman–Crippen MR) is 91.6 cm³/mol. The number of hydrogen-bond donors (Lipinski definition) is 2. The minimum Gasteiger partial charge on any atom is -0.510 e. The normalized spacial score (nSPS) is 20.0. The van der Waals surface area contributed by atoms with Gasteiger partial charge in [0.05, 0.1) is 23.2 Å². The lowest BCUT2D eigenvalue weighted by Gasteiger charge is -2.32. The van der Waals surface area contributed by atoms with E-state index < -0.39 is 0 Å². The number of nitrogens with one attached hydrogen (secondary N) is 1. The summed E-state index contributed by atoms with van der Waals surface area (Å²) in [5.41, 5.74) is 2.51. The molecule has 0 radical (unpaired) electrons. The molecule has 2 heterocycles. The molecule has 0 atom stereocenters. The molecule has 0 unspecified atom stereocenters. The zero-order chi connectivity index (χ0) is 16.0. The number of fused-ring (bicyclic) bond motifs is 1. The fourth-order valence-electron chi connectivity index (χ4n) is 3.91. The van der Waals surface area contributed by atoms with Crippen LogP contribution in [0, 0.1) is 5.41 Å². The highest BCUT2D eigenvalue weighted by molar-refractivity contribution is 6.23. The monoisotopic (exact) mass is 310 g/mol. The predicted octanol–water partition coefficient (Wildman–Crippen LogP) is 3.47. The van der Waals surface area contributed by atoms with E-state index in [0.717, 1.165) is 23.9 Å². The Morgan fingerprint density at radius 2 is 1.91 bits per heavy atom. The molecule has 2 N–H and O–H groups in total. The molecule has 1 aromatic heterocycles. The van der Waals surface area contributed by atoms with Crippen molar-refractivity contribution < 1.29 is 5.11 Å². The Hall–Kier alpha value is -2.30. The molecule has 0 bridgehead atoms. The first-order valence-corrected chi connectivity index (χ1v) is 8.36. The quantitative estimate of drug-likeness (QED) is 0.892. The summed E-state index contributed by atoms with van der Waals surface area (Å²) < 4.78 is 1.97. The molecule has 2 aromatic rings. The third kappa shape index (κ3) is 2.22. The second kappa shape index (κ2) is 5.41. The number of amidine groups is 1. The summed E-state index contributed by atoms with van der Waals surface area (Å²) in [6.45, 7) is 0.446. The molecular formula is C18H22N4O. The molecule has 1 aliphatic carbocycles. The average Bonchev–Trinajstić information content (AvgIpc) is 3.05. The Morgan fingerprint density at radius 3 is 2.65 bits per heavy atom. The van der Waals surface area contributed by atoms with Crippen molar-refractivity contribution in [3.63, 3.8) is 0 Å². The van der Waals surface area contributed by atoms with Gasteiger partial charge < -0.3 is 14.6 Å². The van der Waals surface area contributed by atoms with Crippen LogP contribution in [0.1, 0.15) is 37.9 Å². The van der Waals surface area contributed by atoms with Crippen molar-refractivity contribution in [3.8, 4) is 0 Å². The van der Waals surface area contributed by atoms with Gasteiger partial charge in [0.2, 0.25) is 0 Å². The first kappa shape index (κ1) is 14.3. The average molecular weight is 310 g/mol. The Morgan fingerprint density at radius 1 is 1.17 bits per heavy atom. The molecule has 1 aliphatic heterocycles. The molecule has 1 fully saturated rings. The molecular weight excluding hydrogens is 288 g/mol. The summed E-state index contributed by atoms with van der Waals surface area (Å²) in [6.07, 6.45) is 5.96. The van der Waals surface area contributed by atoms with Crippen molar-refractivity contribution in [1.82, 2.24) is 14.5 Å². The van der Waals surface area contributed by atoms with Gasteiger partial charge in [-0.1, -0.05) is 31.4 Å². The number of aromatic nitrogens is 2. The fraction of sp³-hybridized carbons (Fsp3) is 0.444. The van der Waals surface area contributed by atoms with E-state index in [0.29, 0.717) is 29.8 Å². The Balaban J connectivity index is 1.71. The molecule has 120 valence electrons. The minimum absolute atomic E-state index is 0.277.